The monoisotopic (exact) mass is 203 g/mol. The number of aromatic nitrogens is 1. The smallest absolute Gasteiger partial charge is 0.169 e. The van der Waals surface area contributed by atoms with E-state index in [1.807, 2.05) is 25.1 Å². The number of carbonyl (C=O) groups excluding carboxylic acids is 1. The van der Waals surface area contributed by atoms with Crippen LogP contribution in [-0.4, -0.2) is 11.3 Å². The van der Waals surface area contributed by atoms with Crippen molar-refractivity contribution < 1.29 is 4.79 Å². The van der Waals surface area contributed by atoms with E-state index in [4.69, 9.17) is 0 Å². The van der Waals surface area contributed by atoms with Crippen molar-refractivity contribution in [3.05, 3.63) is 40.9 Å². The van der Waals surface area contributed by atoms with Gasteiger partial charge in [0.25, 0.3) is 0 Å². The molecule has 2 nitrogen and oxygen atoms in total. The van der Waals surface area contributed by atoms with Crippen molar-refractivity contribution >= 4 is 17.6 Å². The largest absolute Gasteiger partial charge is 0.296 e. The van der Waals surface area contributed by atoms with Gasteiger partial charge >= 0.3 is 0 Å². The van der Waals surface area contributed by atoms with Crippen LogP contribution in [0.4, 0.5) is 0 Å². The van der Waals surface area contributed by atoms with Crippen molar-refractivity contribution in [2.75, 3.05) is 0 Å². The van der Waals surface area contributed by atoms with Crippen LogP contribution in [0, 0.1) is 6.92 Å². The van der Waals surface area contributed by atoms with Crippen molar-refractivity contribution in [1.82, 2.24) is 4.98 Å². The second-order valence-electron chi connectivity index (χ2n) is 3.06. The van der Waals surface area contributed by atoms with E-state index >= 15 is 0 Å². The molecular formula is C11H9NOS. The molecule has 0 unspecified atom stereocenters. The van der Waals surface area contributed by atoms with E-state index in [1.54, 1.807) is 5.38 Å². The van der Waals surface area contributed by atoms with E-state index in [9.17, 15) is 4.79 Å². The summed E-state index contributed by atoms with van der Waals surface area (Å²) in [5.41, 5.74) is 2.78. The summed E-state index contributed by atoms with van der Waals surface area (Å²) in [6, 6.07) is 8.10. The lowest BCUT2D eigenvalue weighted by Crippen LogP contribution is -1.80. The highest BCUT2D eigenvalue weighted by Crippen LogP contribution is 2.23. The van der Waals surface area contributed by atoms with Crippen molar-refractivity contribution in [2.45, 2.75) is 6.92 Å². The number of thiazole rings is 1. The molecule has 0 spiro atoms. The van der Waals surface area contributed by atoms with E-state index in [0.29, 0.717) is 5.69 Å². The van der Waals surface area contributed by atoms with Crippen LogP contribution in [0.15, 0.2) is 29.6 Å². The highest BCUT2D eigenvalue weighted by Gasteiger charge is 2.03. The van der Waals surface area contributed by atoms with Gasteiger partial charge in [-0.2, -0.15) is 0 Å². The van der Waals surface area contributed by atoms with Gasteiger partial charge in [0.2, 0.25) is 0 Å². The molecule has 0 fully saturated rings. The zero-order valence-electron chi connectivity index (χ0n) is 7.73. The maximum atomic E-state index is 10.5. The molecule has 3 heteroatoms. The van der Waals surface area contributed by atoms with Crippen LogP contribution in [-0.2, 0) is 0 Å². The predicted molar refractivity (Wildman–Crippen MR) is 57.7 cm³/mol. The maximum Gasteiger partial charge on any atom is 0.169 e. The van der Waals surface area contributed by atoms with Gasteiger partial charge in [-0.1, -0.05) is 23.8 Å². The van der Waals surface area contributed by atoms with Gasteiger partial charge in [0.05, 0.1) is 0 Å². The van der Waals surface area contributed by atoms with Crippen LogP contribution in [0.3, 0.4) is 0 Å². The molecule has 0 saturated carbocycles. The molecule has 0 amide bonds. The third kappa shape index (κ3) is 1.72. The Kier molecular flexibility index (Phi) is 2.41. The zero-order chi connectivity index (χ0) is 9.97. The van der Waals surface area contributed by atoms with Crippen LogP contribution < -0.4 is 0 Å². The minimum Gasteiger partial charge on any atom is -0.296 e. The number of nitrogens with zero attached hydrogens (tertiary/aromatic N) is 1. The molecule has 0 saturated heterocycles. The van der Waals surface area contributed by atoms with E-state index in [0.717, 1.165) is 16.9 Å². The minimum absolute atomic E-state index is 0.506. The molecule has 14 heavy (non-hydrogen) atoms. The van der Waals surface area contributed by atoms with Crippen LogP contribution in [0.5, 0.6) is 0 Å². The van der Waals surface area contributed by atoms with Crippen molar-refractivity contribution in [2.24, 2.45) is 0 Å². The van der Waals surface area contributed by atoms with Crippen molar-refractivity contribution in [3.63, 3.8) is 0 Å². The summed E-state index contributed by atoms with van der Waals surface area (Å²) in [4.78, 5) is 14.7. The molecule has 1 aromatic heterocycles. The number of rotatable bonds is 2. The molecule has 0 aliphatic heterocycles. The predicted octanol–water partition coefficient (Wildman–Crippen LogP) is 2.93. The molecule has 0 aliphatic carbocycles. The Hall–Kier alpha value is -1.48. The van der Waals surface area contributed by atoms with Crippen molar-refractivity contribution in [1.29, 1.82) is 0 Å². The fourth-order valence-corrected chi connectivity index (χ4v) is 2.01. The van der Waals surface area contributed by atoms with E-state index in [-0.39, 0.29) is 0 Å². The molecule has 0 N–H and O–H groups in total. The fraction of sp³-hybridized carbons (Fsp3) is 0.0909. The van der Waals surface area contributed by atoms with Gasteiger partial charge in [-0.15, -0.1) is 11.3 Å². The third-order valence-corrected chi connectivity index (χ3v) is 2.82. The maximum absolute atomic E-state index is 10.5. The second kappa shape index (κ2) is 3.72. The summed E-state index contributed by atoms with van der Waals surface area (Å²) in [6.45, 7) is 2.04. The van der Waals surface area contributed by atoms with E-state index < -0.39 is 0 Å². The SMILES string of the molecule is Cc1cccc(-c2nc(C=O)cs2)c1. The highest BCUT2D eigenvalue weighted by atomic mass is 32.1. The molecule has 0 bridgehead atoms. The Morgan fingerprint density at radius 2 is 2.29 bits per heavy atom. The Morgan fingerprint density at radius 3 is 2.93 bits per heavy atom. The number of hydrogen-bond acceptors (Lipinski definition) is 3. The standard InChI is InChI=1S/C11H9NOS/c1-8-3-2-4-9(5-8)11-12-10(6-13)7-14-11/h2-7H,1H3. The first kappa shape index (κ1) is 9.09. The molecular weight excluding hydrogens is 194 g/mol. The van der Waals surface area contributed by atoms with Crippen molar-refractivity contribution in [3.8, 4) is 10.6 Å². The van der Waals surface area contributed by atoms with Gasteiger partial charge in [-0.25, -0.2) is 4.98 Å². The molecule has 0 atom stereocenters. The van der Waals surface area contributed by atoms with Gasteiger partial charge in [0.1, 0.15) is 10.7 Å². The average Bonchev–Trinajstić information content (AvgIpc) is 2.66. The first-order valence-corrected chi connectivity index (χ1v) is 5.15. The Bertz CT molecular complexity index is 462. The Morgan fingerprint density at radius 1 is 1.43 bits per heavy atom. The Balaban J connectivity index is 2.43. The lowest BCUT2D eigenvalue weighted by atomic mass is 10.1. The molecule has 70 valence electrons. The van der Waals surface area contributed by atoms with Crippen LogP contribution in [0.1, 0.15) is 16.1 Å². The first-order valence-electron chi connectivity index (χ1n) is 4.27. The highest BCUT2D eigenvalue weighted by molar-refractivity contribution is 7.13. The summed E-state index contributed by atoms with van der Waals surface area (Å²) >= 11 is 1.49. The number of aldehydes is 1. The Labute approximate surface area is 86.2 Å². The van der Waals surface area contributed by atoms with Crippen LogP contribution in [0.2, 0.25) is 0 Å². The van der Waals surface area contributed by atoms with E-state index in [1.165, 1.54) is 16.9 Å². The average molecular weight is 203 g/mol. The number of carbonyl (C=O) groups is 1. The van der Waals surface area contributed by atoms with Gasteiger partial charge in [-0.05, 0) is 13.0 Å². The molecule has 1 aromatic carbocycles. The van der Waals surface area contributed by atoms with Gasteiger partial charge in [0.15, 0.2) is 6.29 Å². The molecule has 1 heterocycles. The summed E-state index contributed by atoms with van der Waals surface area (Å²) < 4.78 is 0. The number of aryl methyl sites for hydroxylation is 1. The number of benzene rings is 1. The fourth-order valence-electron chi connectivity index (χ4n) is 1.25. The molecule has 0 radical (unpaired) electrons. The normalized spacial score (nSPS) is 10.1. The summed E-state index contributed by atoms with van der Waals surface area (Å²) in [6.07, 6.45) is 0.774. The summed E-state index contributed by atoms with van der Waals surface area (Å²) in [5.74, 6) is 0. The second-order valence-corrected chi connectivity index (χ2v) is 3.92. The minimum atomic E-state index is 0.506. The number of hydrogen-bond donors (Lipinski definition) is 0. The third-order valence-electron chi connectivity index (χ3n) is 1.91. The van der Waals surface area contributed by atoms with Crippen LogP contribution >= 0.6 is 11.3 Å². The first-order chi connectivity index (χ1) is 6.79. The lowest BCUT2D eigenvalue weighted by Gasteiger charge is -1.96. The van der Waals surface area contributed by atoms with Gasteiger partial charge < -0.3 is 0 Å². The van der Waals surface area contributed by atoms with Gasteiger partial charge in [-0.3, -0.25) is 4.79 Å². The molecule has 0 aliphatic rings. The van der Waals surface area contributed by atoms with E-state index in [2.05, 4.69) is 11.1 Å². The molecule has 2 rings (SSSR count). The quantitative estimate of drug-likeness (QED) is 0.702. The lowest BCUT2D eigenvalue weighted by molar-refractivity contribution is 0.111. The summed E-state index contributed by atoms with van der Waals surface area (Å²) in [7, 11) is 0. The van der Waals surface area contributed by atoms with Gasteiger partial charge in [0, 0.05) is 10.9 Å². The van der Waals surface area contributed by atoms with Crippen LogP contribution in [0.25, 0.3) is 10.6 Å². The zero-order valence-corrected chi connectivity index (χ0v) is 8.54. The topological polar surface area (TPSA) is 30.0 Å². The molecule has 2 aromatic rings. The summed E-state index contributed by atoms with van der Waals surface area (Å²) in [5, 5.41) is 2.67.